The van der Waals surface area contributed by atoms with Gasteiger partial charge in [0.2, 0.25) is 0 Å². The lowest BCUT2D eigenvalue weighted by Gasteiger charge is -2.59. The summed E-state index contributed by atoms with van der Waals surface area (Å²) in [7, 11) is 2.27. The summed E-state index contributed by atoms with van der Waals surface area (Å²) in [5, 5.41) is 25.2. The first-order valence-corrected chi connectivity index (χ1v) is 17.3. The maximum atomic E-state index is 13.2. The normalized spacial score (nSPS) is 40.1. The monoisotopic (exact) mass is 582 g/mol. The molecular formula is C37H50N4O2. The molecule has 230 valence electrons. The number of aromatic hydroxyl groups is 1. The fourth-order valence-corrected chi connectivity index (χ4v) is 10.5. The maximum Gasteiger partial charge on any atom is 0.139 e. The average Bonchev–Trinajstić information content (AvgIpc) is 3.50. The summed E-state index contributed by atoms with van der Waals surface area (Å²) in [4.78, 5) is 11.8. The van der Waals surface area contributed by atoms with Crippen LogP contribution in [0.4, 0.5) is 0 Å². The van der Waals surface area contributed by atoms with Gasteiger partial charge in [0.25, 0.3) is 0 Å². The molecule has 43 heavy (non-hydrogen) atoms. The number of para-hydroxylation sites is 1. The molecule has 1 aliphatic carbocycles. The second-order valence-corrected chi connectivity index (χ2v) is 14.7. The number of aromatic amines is 1. The molecule has 1 aromatic heterocycles. The number of H-pyrrole nitrogens is 1. The molecule has 3 bridgehead atoms. The minimum Gasteiger partial charge on any atom is -0.506 e. The molecule has 7 atom stereocenters. The third-order valence-electron chi connectivity index (χ3n) is 12.2. The van der Waals surface area contributed by atoms with Gasteiger partial charge in [-0.2, -0.15) is 0 Å². The summed E-state index contributed by atoms with van der Waals surface area (Å²) < 4.78 is 0. The number of fused-ring (bicyclic) bond motifs is 5. The lowest BCUT2D eigenvalue weighted by molar-refractivity contribution is -0.0999. The van der Waals surface area contributed by atoms with E-state index < -0.39 is 5.60 Å². The fourth-order valence-electron chi connectivity index (χ4n) is 10.5. The zero-order valence-electron chi connectivity index (χ0n) is 26.0. The van der Waals surface area contributed by atoms with Crippen molar-refractivity contribution >= 4 is 10.9 Å². The third-order valence-corrected chi connectivity index (χ3v) is 12.2. The van der Waals surface area contributed by atoms with Gasteiger partial charge in [-0.1, -0.05) is 42.5 Å². The zero-order valence-corrected chi connectivity index (χ0v) is 26.0. The smallest absolute Gasteiger partial charge is 0.139 e. The van der Waals surface area contributed by atoms with Crippen LogP contribution in [0.5, 0.6) is 5.75 Å². The van der Waals surface area contributed by atoms with Crippen molar-refractivity contribution in [1.82, 2.24) is 19.7 Å². The second kappa shape index (κ2) is 10.9. The Balaban J connectivity index is 1.32. The van der Waals surface area contributed by atoms with Crippen LogP contribution in [0.2, 0.25) is 0 Å². The minimum atomic E-state index is -0.887. The Morgan fingerprint density at radius 3 is 2.70 bits per heavy atom. The van der Waals surface area contributed by atoms with E-state index in [0.29, 0.717) is 17.7 Å². The van der Waals surface area contributed by atoms with E-state index in [0.717, 1.165) is 75.6 Å². The Morgan fingerprint density at radius 1 is 0.953 bits per heavy atom. The van der Waals surface area contributed by atoms with Gasteiger partial charge in [0.05, 0.1) is 23.2 Å². The number of nitrogens with one attached hydrogen (secondary N) is 1. The number of likely N-dealkylation sites (N-methyl/N-ethyl adjacent to an activating group) is 1. The summed E-state index contributed by atoms with van der Waals surface area (Å²) in [6, 6.07) is 6.56. The third kappa shape index (κ3) is 4.50. The van der Waals surface area contributed by atoms with Crippen LogP contribution in [0.25, 0.3) is 10.9 Å². The van der Waals surface area contributed by atoms with Gasteiger partial charge < -0.3 is 20.1 Å². The SMILES string of the molecule is CN1CCc2c([nH]c3c(O)cccc23)C1C1=C[C@@]2(O)CC/C=C\CCCCN3CC[C@@H]1[C@]1(C[C@@H]4/C=C\CCCCN4[C@H]12)C3. The van der Waals surface area contributed by atoms with Crippen LogP contribution in [0.15, 0.2) is 54.2 Å². The average molecular weight is 583 g/mol. The lowest BCUT2D eigenvalue weighted by Crippen LogP contribution is -2.66. The van der Waals surface area contributed by atoms with Gasteiger partial charge in [0, 0.05) is 35.6 Å². The quantitative estimate of drug-likeness (QED) is 0.356. The van der Waals surface area contributed by atoms with Gasteiger partial charge >= 0.3 is 0 Å². The van der Waals surface area contributed by atoms with Crippen LogP contribution < -0.4 is 0 Å². The van der Waals surface area contributed by atoms with Crippen LogP contribution in [0.3, 0.4) is 0 Å². The van der Waals surface area contributed by atoms with Gasteiger partial charge in [0.1, 0.15) is 5.75 Å². The summed E-state index contributed by atoms with van der Waals surface area (Å²) in [6.45, 7) is 5.46. The zero-order chi connectivity index (χ0) is 29.2. The van der Waals surface area contributed by atoms with Crippen LogP contribution in [-0.4, -0.2) is 87.4 Å². The fraction of sp³-hybridized carbons (Fsp3) is 0.622. The molecule has 5 aliphatic heterocycles. The number of aromatic nitrogens is 1. The summed E-state index contributed by atoms with van der Waals surface area (Å²) in [5.41, 5.74) is 4.01. The molecule has 6 heteroatoms. The standard InChI is InChI=1S/C37H50N4O2/c1-39-21-16-28-27-14-12-15-31(42)32(27)38-33(28)34(39)29-24-37(43)18-9-5-2-3-6-10-19-40-22-17-30(29)36(25-40)23-26-13-8-4-7-11-20-41(26)35(36)37/h2,5,8,12-15,24,26,30,34-35,38,42-43H,3-4,6-7,9-11,16-23,25H2,1H3/b5-2-,13-8-/t26-,30-,34?,35+,36-,37-/m0/s1. The van der Waals surface area contributed by atoms with Crippen molar-refractivity contribution < 1.29 is 10.2 Å². The van der Waals surface area contributed by atoms with E-state index in [1.54, 1.807) is 6.07 Å². The van der Waals surface area contributed by atoms with E-state index in [1.807, 2.05) is 6.07 Å². The number of piperidine rings is 1. The Hall–Kier alpha value is -2.38. The van der Waals surface area contributed by atoms with Crippen molar-refractivity contribution in [3.63, 3.8) is 0 Å². The summed E-state index contributed by atoms with van der Waals surface area (Å²) in [5.74, 6) is 0.755. The van der Waals surface area contributed by atoms with Gasteiger partial charge in [-0.3, -0.25) is 9.80 Å². The Bertz CT molecular complexity index is 1460. The molecule has 6 nitrogen and oxygen atoms in total. The van der Waals surface area contributed by atoms with Gasteiger partial charge in [0.15, 0.2) is 0 Å². The van der Waals surface area contributed by atoms with Crippen molar-refractivity contribution in [2.75, 3.05) is 39.8 Å². The molecule has 0 amide bonds. The minimum absolute atomic E-state index is 0.0147. The van der Waals surface area contributed by atoms with E-state index in [-0.39, 0.29) is 17.5 Å². The highest BCUT2D eigenvalue weighted by atomic mass is 16.3. The number of hydrogen-bond acceptors (Lipinski definition) is 5. The number of allylic oxidation sites excluding steroid dienone is 3. The van der Waals surface area contributed by atoms with Crippen molar-refractivity contribution in [1.29, 1.82) is 0 Å². The highest BCUT2D eigenvalue weighted by molar-refractivity contribution is 5.90. The molecule has 2 saturated heterocycles. The van der Waals surface area contributed by atoms with Crippen LogP contribution in [-0.2, 0) is 6.42 Å². The second-order valence-electron chi connectivity index (χ2n) is 14.7. The number of rotatable bonds is 1. The van der Waals surface area contributed by atoms with Crippen LogP contribution in [0.1, 0.15) is 81.5 Å². The molecule has 2 fully saturated rings. The molecule has 1 aromatic carbocycles. The van der Waals surface area contributed by atoms with E-state index in [9.17, 15) is 10.2 Å². The molecule has 2 aromatic rings. The number of aliphatic hydroxyl groups is 1. The van der Waals surface area contributed by atoms with E-state index in [2.05, 4.69) is 63.2 Å². The number of nitrogens with zero attached hydrogens (tertiary/aromatic N) is 3. The summed E-state index contributed by atoms with van der Waals surface area (Å²) in [6.07, 6.45) is 24.3. The number of benzene rings is 1. The number of hydrogen-bond donors (Lipinski definition) is 3. The molecule has 8 rings (SSSR count). The molecule has 0 radical (unpaired) electrons. The highest BCUT2D eigenvalue weighted by Crippen LogP contribution is 2.62. The Morgan fingerprint density at radius 2 is 1.79 bits per heavy atom. The maximum absolute atomic E-state index is 13.2. The largest absolute Gasteiger partial charge is 0.506 e. The van der Waals surface area contributed by atoms with Crippen molar-refractivity contribution in [2.24, 2.45) is 11.3 Å². The summed E-state index contributed by atoms with van der Waals surface area (Å²) >= 11 is 0. The highest BCUT2D eigenvalue weighted by Gasteiger charge is 2.66. The van der Waals surface area contributed by atoms with Gasteiger partial charge in [-0.15, -0.1) is 0 Å². The van der Waals surface area contributed by atoms with E-state index >= 15 is 0 Å². The number of phenolic OH excluding ortho intramolecular Hbond substituents is 1. The molecular weight excluding hydrogens is 532 g/mol. The molecule has 6 heterocycles. The molecule has 1 spiro atoms. The van der Waals surface area contributed by atoms with Crippen LogP contribution in [0, 0.1) is 11.3 Å². The first kappa shape index (κ1) is 28.1. The Kier molecular flexibility index (Phi) is 7.13. The number of phenols is 1. The first-order chi connectivity index (χ1) is 21.0. The van der Waals surface area contributed by atoms with Crippen molar-refractivity contribution in [2.45, 2.75) is 94.4 Å². The predicted molar refractivity (Wildman–Crippen MR) is 173 cm³/mol. The lowest BCUT2D eigenvalue weighted by atomic mass is 9.54. The van der Waals surface area contributed by atoms with Gasteiger partial charge in [-0.05, 0) is 120 Å². The van der Waals surface area contributed by atoms with Crippen molar-refractivity contribution in [3.8, 4) is 5.75 Å². The molecule has 6 aliphatic rings. The van der Waals surface area contributed by atoms with E-state index in [1.165, 1.54) is 55.5 Å². The molecule has 0 saturated carbocycles. The van der Waals surface area contributed by atoms with Gasteiger partial charge in [-0.25, -0.2) is 0 Å². The van der Waals surface area contributed by atoms with Crippen molar-refractivity contribution in [3.05, 3.63) is 65.4 Å². The predicted octanol–water partition coefficient (Wildman–Crippen LogP) is 6.09. The first-order valence-electron chi connectivity index (χ1n) is 17.3. The Labute approximate surface area is 257 Å². The molecule has 2 unspecified atom stereocenters. The van der Waals surface area contributed by atoms with Crippen LogP contribution >= 0.6 is 0 Å². The molecule has 3 N–H and O–H groups in total. The topological polar surface area (TPSA) is 66.0 Å². The van der Waals surface area contributed by atoms with E-state index in [4.69, 9.17) is 0 Å².